The number of halogens is 2. The molecule has 0 atom stereocenters. The quantitative estimate of drug-likeness (QED) is 0.821. The number of hydrogen-bond donors (Lipinski definition) is 2. The number of benzene rings is 1. The van der Waals surface area contributed by atoms with Crippen molar-refractivity contribution in [2.24, 2.45) is 5.73 Å². The molecule has 82 valence electrons. The van der Waals surface area contributed by atoms with Gasteiger partial charge in [-0.05, 0) is 15.9 Å². The van der Waals surface area contributed by atoms with E-state index in [1.807, 2.05) is 0 Å². The SMILES string of the molecule is COc1c(O)cc(F)c(C(=O)CN)c1Br. The summed E-state index contributed by atoms with van der Waals surface area (Å²) in [4.78, 5) is 11.3. The van der Waals surface area contributed by atoms with Crippen molar-refractivity contribution in [1.82, 2.24) is 0 Å². The van der Waals surface area contributed by atoms with Gasteiger partial charge >= 0.3 is 0 Å². The maximum absolute atomic E-state index is 13.3. The van der Waals surface area contributed by atoms with E-state index in [2.05, 4.69) is 15.9 Å². The van der Waals surface area contributed by atoms with Crippen LogP contribution in [0.3, 0.4) is 0 Å². The monoisotopic (exact) mass is 277 g/mol. The minimum atomic E-state index is -0.837. The number of ether oxygens (including phenoxy) is 1. The summed E-state index contributed by atoms with van der Waals surface area (Å²) >= 11 is 2.98. The van der Waals surface area contributed by atoms with E-state index >= 15 is 0 Å². The first kappa shape index (κ1) is 11.9. The van der Waals surface area contributed by atoms with E-state index in [9.17, 15) is 14.3 Å². The van der Waals surface area contributed by atoms with Crippen LogP contribution in [0.5, 0.6) is 11.5 Å². The minimum absolute atomic E-state index is 0.00759. The van der Waals surface area contributed by atoms with E-state index in [1.165, 1.54) is 7.11 Å². The van der Waals surface area contributed by atoms with Gasteiger partial charge in [0, 0.05) is 6.07 Å². The average molecular weight is 278 g/mol. The van der Waals surface area contributed by atoms with Crippen molar-refractivity contribution in [3.63, 3.8) is 0 Å². The summed E-state index contributed by atoms with van der Waals surface area (Å²) < 4.78 is 18.2. The number of Topliss-reactive ketones (excluding diaryl/α,β-unsaturated/α-hetero) is 1. The fourth-order valence-corrected chi connectivity index (χ4v) is 1.92. The average Bonchev–Trinajstić information content (AvgIpc) is 2.17. The molecule has 0 aromatic heterocycles. The summed E-state index contributed by atoms with van der Waals surface area (Å²) in [6.45, 7) is -0.316. The van der Waals surface area contributed by atoms with Crippen molar-refractivity contribution >= 4 is 21.7 Å². The molecular weight excluding hydrogens is 269 g/mol. The number of phenols is 1. The Kier molecular flexibility index (Phi) is 3.65. The van der Waals surface area contributed by atoms with Crippen molar-refractivity contribution in [3.05, 3.63) is 21.9 Å². The van der Waals surface area contributed by atoms with E-state index in [0.29, 0.717) is 0 Å². The largest absolute Gasteiger partial charge is 0.504 e. The molecule has 0 aliphatic heterocycles. The Morgan fingerprint density at radius 2 is 2.33 bits per heavy atom. The second-order valence-electron chi connectivity index (χ2n) is 2.73. The van der Waals surface area contributed by atoms with Crippen LogP contribution in [0, 0.1) is 5.82 Å². The Morgan fingerprint density at radius 1 is 1.73 bits per heavy atom. The molecule has 0 aliphatic rings. The fraction of sp³-hybridized carbons (Fsp3) is 0.222. The summed E-state index contributed by atoms with van der Waals surface area (Å²) in [5.41, 5.74) is 4.92. The molecular formula is C9H9BrFNO3. The van der Waals surface area contributed by atoms with Crippen molar-refractivity contribution < 1.29 is 19.0 Å². The van der Waals surface area contributed by atoms with Gasteiger partial charge in [-0.1, -0.05) is 0 Å². The zero-order valence-corrected chi connectivity index (χ0v) is 9.47. The van der Waals surface area contributed by atoms with Gasteiger partial charge < -0.3 is 15.6 Å². The first-order valence-electron chi connectivity index (χ1n) is 4.01. The number of aromatic hydroxyl groups is 1. The van der Waals surface area contributed by atoms with Crippen LogP contribution in [0.25, 0.3) is 0 Å². The number of methoxy groups -OCH3 is 1. The molecule has 0 radical (unpaired) electrons. The van der Waals surface area contributed by atoms with Crippen molar-refractivity contribution in [2.45, 2.75) is 0 Å². The predicted molar refractivity (Wildman–Crippen MR) is 55.7 cm³/mol. The topological polar surface area (TPSA) is 72.5 Å². The molecule has 0 amide bonds. The molecule has 1 rings (SSSR count). The maximum atomic E-state index is 13.3. The van der Waals surface area contributed by atoms with Crippen LogP contribution in [0.15, 0.2) is 10.5 Å². The van der Waals surface area contributed by atoms with Crippen LogP contribution in [0.4, 0.5) is 4.39 Å². The normalized spacial score (nSPS) is 10.1. The van der Waals surface area contributed by atoms with Crippen LogP contribution in [0.2, 0.25) is 0 Å². The van der Waals surface area contributed by atoms with Crippen LogP contribution >= 0.6 is 15.9 Å². The van der Waals surface area contributed by atoms with Crippen molar-refractivity contribution in [1.29, 1.82) is 0 Å². The highest BCUT2D eigenvalue weighted by atomic mass is 79.9. The van der Waals surface area contributed by atoms with Gasteiger partial charge in [0.2, 0.25) is 0 Å². The van der Waals surface area contributed by atoms with E-state index in [0.717, 1.165) is 6.07 Å². The second kappa shape index (κ2) is 4.59. The molecule has 0 fully saturated rings. The van der Waals surface area contributed by atoms with Gasteiger partial charge in [-0.25, -0.2) is 4.39 Å². The highest BCUT2D eigenvalue weighted by Crippen LogP contribution is 2.38. The van der Waals surface area contributed by atoms with Crippen molar-refractivity contribution in [2.75, 3.05) is 13.7 Å². The summed E-state index contributed by atoms with van der Waals surface area (Å²) in [6.07, 6.45) is 0. The van der Waals surface area contributed by atoms with Gasteiger partial charge in [0.05, 0.1) is 23.7 Å². The van der Waals surface area contributed by atoms with Gasteiger partial charge in [0.15, 0.2) is 17.3 Å². The molecule has 0 saturated heterocycles. The number of hydrogen-bond acceptors (Lipinski definition) is 4. The number of phenolic OH excluding ortho intramolecular Hbond substituents is 1. The highest BCUT2D eigenvalue weighted by Gasteiger charge is 2.21. The Hall–Kier alpha value is -1.14. The third-order valence-electron chi connectivity index (χ3n) is 1.82. The molecule has 0 heterocycles. The third-order valence-corrected chi connectivity index (χ3v) is 2.58. The van der Waals surface area contributed by atoms with Crippen LogP contribution in [0.1, 0.15) is 10.4 Å². The number of nitrogens with two attached hydrogens (primary N) is 1. The summed E-state index contributed by atoms with van der Waals surface area (Å²) in [6, 6.07) is 0.812. The fourth-order valence-electron chi connectivity index (χ4n) is 1.14. The second-order valence-corrected chi connectivity index (χ2v) is 3.52. The minimum Gasteiger partial charge on any atom is -0.504 e. The summed E-state index contributed by atoms with van der Waals surface area (Å²) in [7, 11) is 1.30. The van der Waals surface area contributed by atoms with E-state index in [-0.39, 0.29) is 28.1 Å². The number of ketones is 1. The lowest BCUT2D eigenvalue weighted by atomic mass is 10.1. The maximum Gasteiger partial charge on any atom is 0.180 e. The zero-order valence-electron chi connectivity index (χ0n) is 7.88. The van der Waals surface area contributed by atoms with E-state index in [1.54, 1.807) is 0 Å². The first-order valence-corrected chi connectivity index (χ1v) is 4.80. The van der Waals surface area contributed by atoms with E-state index < -0.39 is 11.6 Å². The first-order chi connectivity index (χ1) is 7.02. The Morgan fingerprint density at radius 3 is 2.80 bits per heavy atom. The Bertz CT molecular complexity index is 409. The van der Waals surface area contributed by atoms with Gasteiger partial charge in [-0.3, -0.25) is 4.79 Å². The molecule has 0 unspecified atom stereocenters. The van der Waals surface area contributed by atoms with Gasteiger partial charge in [-0.15, -0.1) is 0 Å². The zero-order chi connectivity index (χ0) is 11.6. The molecule has 6 heteroatoms. The van der Waals surface area contributed by atoms with Crippen LogP contribution in [-0.4, -0.2) is 24.5 Å². The molecule has 0 aliphatic carbocycles. The Labute approximate surface area is 94.0 Å². The van der Waals surface area contributed by atoms with Crippen molar-refractivity contribution in [3.8, 4) is 11.5 Å². The summed E-state index contributed by atoms with van der Waals surface area (Å²) in [5.74, 6) is -1.78. The molecule has 1 aromatic carbocycles. The Balaban J connectivity index is 3.45. The highest BCUT2D eigenvalue weighted by molar-refractivity contribution is 9.10. The lowest BCUT2D eigenvalue weighted by Gasteiger charge is -2.10. The van der Waals surface area contributed by atoms with Crippen LogP contribution in [-0.2, 0) is 0 Å². The lowest BCUT2D eigenvalue weighted by Crippen LogP contribution is -2.16. The molecule has 0 bridgehead atoms. The third kappa shape index (κ3) is 2.10. The molecule has 0 spiro atoms. The van der Waals surface area contributed by atoms with Crippen LogP contribution < -0.4 is 10.5 Å². The smallest absolute Gasteiger partial charge is 0.180 e. The van der Waals surface area contributed by atoms with Gasteiger partial charge in [-0.2, -0.15) is 0 Å². The standard InChI is InChI=1S/C9H9BrFNO3/c1-15-9-5(13)2-4(11)7(8(9)10)6(14)3-12/h2,13H,3,12H2,1H3. The number of carbonyl (C=O) groups excluding carboxylic acids is 1. The van der Waals surface area contributed by atoms with E-state index in [4.69, 9.17) is 10.5 Å². The van der Waals surface area contributed by atoms with Gasteiger partial charge in [0.25, 0.3) is 0 Å². The summed E-state index contributed by atoms with van der Waals surface area (Å²) in [5, 5.41) is 9.31. The number of carbonyl (C=O) groups is 1. The molecule has 3 N–H and O–H groups in total. The number of rotatable bonds is 3. The molecule has 1 aromatic rings. The van der Waals surface area contributed by atoms with Gasteiger partial charge in [0.1, 0.15) is 5.82 Å². The predicted octanol–water partition coefficient (Wildman–Crippen LogP) is 1.44. The lowest BCUT2D eigenvalue weighted by molar-refractivity contribution is 0.0996. The molecule has 0 saturated carbocycles. The molecule has 4 nitrogen and oxygen atoms in total. The molecule has 15 heavy (non-hydrogen) atoms.